The number of ether oxygens (including phenoxy) is 1. The fraction of sp³-hybridized carbons (Fsp3) is 0.310. The maximum Gasteiger partial charge on any atom is 0.253 e. The van der Waals surface area contributed by atoms with Crippen LogP contribution in [0.5, 0.6) is 5.75 Å². The van der Waals surface area contributed by atoms with Gasteiger partial charge in [0.05, 0.1) is 12.8 Å². The lowest BCUT2D eigenvalue weighted by molar-refractivity contribution is -0.121. The molecule has 0 radical (unpaired) electrons. The molecule has 0 aliphatic carbocycles. The molecule has 0 bridgehead atoms. The molecule has 1 N–H and O–H groups in total. The zero-order valence-electron chi connectivity index (χ0n) is 20.1. The summed E-state index contributed by atoms with van der Waals surface area (Å²) in [5.41, 5.74) is 5.31. The molecule has 2 heterocycles. The highest BCUT2D eigenvalue weighted by Gasteiger charge is 2.28. The number of anilines is 2. The number of carbonyl (C=O) groups is 2. The first kappa shape index (κ1) is 23.0. The minimum absolute atomic E-state index is 0.0194. The van der Waals surface area contributed by atoms with Crippen LogP contribution < -0.4 is 15.0 Å². The number of carbonyl (C=O) groups excluding carboxylic acids is 2. The summed E-state index contributed by atoms with van der Waals surface area (Å²) < 4.78 is 5.32. The minimum atomic E-state index is -0.117. The Kier molecular flexibility index (Phi) is 6.70. The van der Waals surface area contributed by atoms with Gasteiger partial charge in [-0.2, -0.15) is 0 Å². The molecule has 3 aromatic carbocycles. The van der Waals surface area contributed by atoms with Crippen molar-refractivity contribution in [3.63, 3.8) is 0 Å². The summed E-state index contributed by atoms with van der Waals surface area (Å²) >= 11 is 0. The fourth-order valence-corrected chi connectivity index (χ4v) is 5.04. The van der Waals surface area contributed by atoms with E-state index in [1.54, 1.807) is 7.11 Å². The SMILES string of the molecule is COc1ccccc1NC(=O)C1CCN(C(=O)c2ccc(N3CCc4ccccc4C3)cc2)CC1. The maximum absolute atomic E-state index is 13.1. The van der Waals surface area contributed by atoms with Gasteiger partial charge in [-0.25, -0.2) is 0 Å². The molecule has 0 saturated carbocycles. The molecule has 6 nitrogen and oxygen atoms in total. The second-order valence-electron chi connectivity index (χ2n) is 9.24. The third-order valence-electron chi connectivity index (χ3n) is 7.13. The van der Waals surface area contributed by atoms with Crippen LogP contribution >= 0.6 is 0 Å². The molecular formula is C29H31N3O3. The van der Waals surface area contributed by atoms with Crippen LogP contribution in [0.4, 0.5) is 11.4 Å². The second-order valence-corrected chi connectivity index (χ2v) is 9.24. The number of benzene rings is 3. The average Bonchev–Trinajstić information content (AvgIpc) is 2.93. The Morgan fingerprint density at radius 3 is 2.29 bits per heavy atom. The van der Waals surface area contributed by atoms with Crippen molar-refractivity contribution in [3.8, 4) is 5.75 Å². The summed E-state index contributed by atoms with van der Waals surface area (Å²) in [7, 11) is 1.59. The number of nitrogens with one attached hydrogen (secondary N) is 1. The number of rotatable bonds is 5. The van der Waals surface area contributed by atoms with E-state index >= 15 is 0 Å². The number of amides is 2. The van der Waals surface area contributed by atoms with Gasteiger partial charge in [0.15, 0.2) is 0 Å². The Balaban J connectivity index is 1.16. The molecule has 35 heavy (non-hydrogen) atoms. The van der Waals surface area contributed by atoms with Crippen molar-refractivity contribution in [2.45, 2.75) is 25.8 Å². The van der Waals surface area contributed by atoms with E-state index in [1.165, 1.54) is 11.1 Å². The molecule has 6 heteroatoms. The van der Waals surface area contributed by atoms with Crippen molar-refractivity contribution in [2.75, 3.05) is 37.0 Å². The lowest BCUT2D eigenvalue weighted by Crippen LogP contribution is -2.41. The van der Waals surface area contributed by atoms with Crippen molar-refractivity contribution in [1.82, 2.24) is 4.90 Å². The van der Waals surface area contributed by atoms with Crippen LogP contribution in [0.15, 0.2) is 72.8 Å². The summed E-state index contributed by atoms with van der Waals surface area (Å²) in [5, 5.41) is 2.98. The highest BCUT2D eigenvalue weighted by atomic mass is 16.5. The predicted molar refractivity (Wildman–Crippen MR) is 138 cm³/mol. The molecule has 2 aliphatic heterocycles. The fourth-order valence-electron chi connectivity index (χ4n) is 5.04. The molecule has 5 rings (SSSR count). The van der Waals surface area contributed by atoms with Crippen LogP contribution in [0.2, 0.25) is 0 Å². The monoisotopic (exact) mass is 469 g/mol. The molecule has 3 aromatic rings. The molecular weight excluding hydrogens is 438 g/mol. The van der Waals surface area contributed by atoms with E-state index in [0.717, 1.165) is 25.2 Å². The Labute approximate surface area is 206 Å². The normalized spacial score (nSPS) is 15.9. The van der Waals surface area contributed by atoms with E-state index in [9.17, 15) is 9.59 Å². The van der Waals surface area contributed by atoms with Crippen molar-refractivity contribution < 1.29 is 14.3 Å². The first-order chi connectivity index (χ1) is 17.1. The molecule has 2 amide bonds. The Hall–Kier alpha value is -3.80. The van der Waals surface area contributed by atoms with Crippen LogP contribution in [0.1, 0.15) is 34.3 Å². The molecule has 2 aliphatic rings. The Morgan fingerprint density at radius 1 is 0.857 bits per heavy atom. The number of hydrogen-bond acceptors (Lipinski definition) is 4. The van der Waals surface area contributed by atoms with Gasteiger partial charge in [-0.15, -0.1) is 0 Å². The first-order valence-electron chi connectivity index (χ1n) is 12.3. The van der Waals surface area contributed by atoms with E-state index in [1.807, 2.05) is 41.3 Å². The molecule has 0 atom stereocenters. The quantitative estimate of drug-likeness (QED) is 0.586. The largest absolute Gasteiger partial charge is 0.495 e. The predicted octanol–water partition coefficient (Wildman–Crippen LogP) is 4.75. The second kappa shape index (κ2) is 10.2. The third-order valence-corrected chi connectivity index (χ3v) is 7.13. The van der Waals surface area contributed by atoms with Crippen molar-refractivity contribution in [2.24, 2.45) is 5.92 Å². The highest BCUT2D eigenvalue weighted by molar-refractivity contribution is 5.96. The molecule has 180 valence electrons. The van der Waals surface area contributed by atoms with Gasteiger partial charge in [-0.1, -0.05) is 36.4 Å². The van der Waals surface area contributed by atoms with Crippen molar-refractivity contribution in [1.29, 1.82) is 0 Å². The van der Waals surface area contributed by atoms with E-state index in [0.29, 0.717) is 42.9 Å². The lowest BCUT2D eigenvalue weighted by Gasteiger charge is -2.32. The van der Waals surface area contributed by atoms with Crippen molar-refractivity contribution in [3.05, 3.63) is 89.5 Å². The zero-order chi connectivity index (χ0) is 24.2. The zero-order valence-corrected chi connectivity index (χ0v) is 20.1. The van der Waals surface area contributed by atoms with Crippen LogP contribution in [0, 0.1) is 5.92 Å². The third kappa shape index (κ3) is 5.02. The minimum Gasteiger partial charge on any atom is -0.495 e. The van der Waals surface area contributed by atoms with E-state index < -0.39 is 0 Å². The topological polar surface area (TPSA) is 61.9 Å². The summed E-state index contributed by atoms with van der Waals surface area (Å²) in [6, 6.07) is 24.0. The number of piperidine rings is 1. The average molecular weight is 470 g/mol. The summed E-state index contributed by atoms with van der Waals surface area (Å²) in [6.45, 7) is 3.03. The first-order valence-corrected chi connectivity index (χ1v) is 12.3. The van der Waals surface area contributed by atoms with Gasteiger partial charge in [-0.05, 0) is 66.8 Å². The van der Waals surface area contributed by atoms with Gasteiger partial charge >= 0.3 is 0 Å². The number of hydrogen-bond donors (Lipinski definition) is 1. The number of likely N-dealkylation sites (tertiary alicyclic amines) is 1. The molecule has 0 unspecified atom stereocenters. The van der Waals surface area contributed by atoms with Gasteiger partial charge in [0, 0.05) is 43.3 Å². The summed E-state index contributed by atoms with van der Waals surface area (Å²) in [6.07, 6.45) is 2.34. The molecule has 1 saturated heterocycles. The summed E-state index contributed by atoms with van der Waals surface area (Å²) in [4.78, 5) is 30.1. The van der Waals surface area contributed by atoms with Crippen LogP contribution in [-0.2, 0) is 17.8 Å². The number of fused-ring (bicyclic) bond motifs is 1. The van der Waals surface area contributed by atoms with E-state index in [4.69, 9.17) is 4.74 Å². The van der Waals surface area contributed by atoms with E-state index in [-0.39, 0.29) is 17.7 Å². The molecule has 1 fully saturated rings. The van der Waals surface area contributed by atoms with Gasteiger partial charge in [-0.3, -0.25) is 9.59 Å². The Morgan fingerprint density at radius 2 is 1.54 bits per heavy atom. The standard InChI is InChI=1S/C29H31N3O3/c1-35-27-9-5-4-8-26(27)30-28(33)22-15-17-31(18-16-22)29(34)23-10-12-25(13-11-23)32-19-14-21-6-2-3-7-24(21)20-32/h2-13,22H,14-20H2,1H3,(H,30,33). The van der Waals surface area contributed by atoms with Gasteiger partial charge in [0.1, 0.15) is 5.75 Å². The number of para-hydroxylation sites is 2. The number of nitrogens with zero attached hydrogens (tertiary/aromatic N) is 2. The smallest absolute Gasteiger partial charge is 0.253 e. The van der Waals surface area contributed by atoms with Crippen LogP contribution in [0.3, 0.4) is 0 Å². The molecule has 0 spiro atoms. The number of methoxy groups -OCH3 is 1. The van der Waals surface area contributed by atoms with E-state index in [2.05, 4.69) is 46.6 Å². The summed E-state index contributed by atoms with van der Waals surface area (Å²) in [5.74, 6) is 0.539. The van der Waals surface area contributed by atoms with Crippen LogP contribution in [0.25, 0.3) is 0 Å². The Bertz CT molecular complexity index is 1200. The highest BCUT2D eigenvalue weighted by Crippen LogP contribution is 2.27. The molecule has 0 aromatic heterocycles. The van der Waals surface area contributed by atoms with Gasteiger partial charge in [0.25, 0.3) is 5.91 Å². The van der Waals surface area contributed by atoms with Gasteiger partial charge in [0.2, 0.25) is 5.91 Å². The van der Waals surface area contributed by atoms with Crippen LogP contribution in [-0.4, -0.2) is 43.5 Å². The van der Waals surface area contributed by atoms with Gasteiger partial charge < -0.3 is 19.9 Å². The lowest BCUT2D eigenvalue weighted by atomic mass is 9.95. The van der Waals surface area contributed by atoms with Crippen molar-refractivity contribution >= 4 is 23.2 Å². The maximum atomic E-state index is 13.1.